The van der Waals surface area contributed by atoms with Gasteiger partial charge >= 0.3 is 0 Å². The first-order valence-corrected chi connectivity index (χ1v) is 7.04. The lowest BCUT2D eigenvalue weighted by Gasteiger charge is -2.21. The summed E-state index contributed by atoms with van der Waals surface area (Å²) >= 11 is 3.42. The topological polar surface area (TPSA) is 42.0 Å². The highest BCUT2D eigenvalue weighted by atomic mass is 32.2. The van der Waals surface area contributed by atoms with E-state index >= 15 is 0 Å². The molecule has 1 N–H and O–H groups in total. The predicted molar refractivity (Wildman–Crippen MR) is 64.7 cm³/mol. The molecule has 2 heterocycles. The van der Waals surface area contributed by atoms with Crippen molar-refractivity contribution in [2.45, 2.75) is 19.4 Å². The Bertz CT molecular complexity index is 345. The molecule has 3 nitrogen and oxygen atoms in total. The number of ketones is 1. The summed E-state index contributed by atoms with van der Waals surface area (Å²) in [4.78, 5) is 16.2. The van der Waals surface area contributed by atoms with E-state index in [9.17, 15) is 4.79 Å². The number of carbonyl (C=O) groups is 1. The molecule has 1 atom stereocenters. The van der Waals surface area contributed by atoms with Gasteiger partial charge in [-0.1, -0.05) is 0 Å². The van der Waals surface area contributed by atoms with E-state index in [-0.39, 0.29) is 11.8 Å². The first-order chi connectivity index (χ1) is 7.25. The number of Topliss-reactive ketones (excluding diaryl/α,β-unsaturated/α-hetero) is 1. The Morgan fingerprint density at radius 3 is 3.20 bits per heavy atom. The van der Waals surface area contributed by atoms with E-state index < -0.39 is 0 Å². The first kappa shape index (κ1) is 11.1. The van der Waals surface area contributed by atoms with Crippen molar-refractivity contribution in [3.05, 3.63) is 16.1 Å². The molecule has 1 fully saturated rings. The molecule has 1 saturated heterocycles. The standard InChI is InChI=1S/C10H14N2OS2/c1-7-5-15-10(12-7)4-9(13)8-6-14-3-2-11-8/h5,8,11H,2-4,6H2,1H3. The van der Waals surface area contributed by atoms with Gasteiger partial charge in [0.15, 0.2) is 5.78 Å². The maximum absolute atomic E-state index is 11.9. The van der Waals surface area contributed by atoms with Crippen LogP contribution in [-0.2, 0) is 11.2 Å². The molecule has 1 aromatic rings. The minimum absolute atomic E-state index is 0.0351. The van der Waals surface area contributed by atoms with Crippen molar-refractivity contribution in [3.63, 3.8) is 0 Å². The van der Waals surface area contributed by atoms with Crippen molar-refractivity contribution in [1.29, 1.82) is 0 Å². The second-order valence-corrected chi connectivity index (χ2v) is 5.70. The Balaban J connectivity index is 1.91. The molecule has 0 amide bonds. The van der Waals surface area contributed by atoms with Gasteiger partial charge in [0.05, 0.1) is 12.5 Å². The highest BCUT2D eigenvalue weighted by Gasteiger charge is 2.21. The molecule has 0 aromatic carbocycles. The largest absolute Gasteiger partial charge is 0.306 e. The molecule has 15 heavy (non-hydrogen) atoms. The first-order valence-electron chi connectivity index (χ1n) is 5.00. The van der Waals surface area contributed by atoms with Crippen molar-refractivity contribution < 1.29 is 4.79 Å². The summed E-state index contributed by atoms with van der Waals surface area (Å²) in [6.07, 6.45) is 0.483. The molecule has 1 aliphatic heterocycles. The number of aromatic nitrogens is 1. The molecule has 2 rings (SSSR count). The molecule has 0 bridgehead atoms. The van der Waals surface area contributed by atoms with Gasteiger partial charge in [0, 0.05) is 29.1 Å². The molecule has 82 valence electrons. The average Bonchev–Trinajstić information content (AvgIpc) is 2.65. The van der Waals surface area contributed by atoms with Crippen LogP contribution in [0.25, 0.3) is 0 Å². The van der Waals surface area contributed by atoms with Crippen molar-refractivity contribution in [3.8, 4) is 0 Å². The zero-order valence-electron chi connectivity index (χ0n) is 8.66. The number of hydrogen-bond acceptors (Lipinski definition) is 5. The van der Waals surface area contributed by atoms with Crippen LogP contribution >= 0.6 is 23.1 Å². The van der Waals surface area contributed by atoms with Crippen molar-refractivity contribution in [1.82, 2.24) is 10.3 Å². The van der Waals surface area contributed by atoms with Crippen LogP contribution in [0.15, 0.2) is 5.38 Å². The van der Waals surface area contributed by atoms with E-state index in [1.165, 1.54) is 0 Å². The number of nitrogens with zero attached hydrogens (tertiary/aromatic N) is 1. The molecule has 0 radical (unpaired) electrons. The van der Waals surface area contributed by atoms with Crippen LogP contribution in [0.1, 0.15) is 10.7 Å². The Morgan fingerprint density at radius 1 is 1.73 bits per heavy atom. The second kappa shape index (κ2) is 5.09. The maximum Gasteiger partial charge on any atom is 0.157 e. The van der Waals surface area contributed by atoms with Crippen LogP contribution in [0.2, 0.25) is 0 Å². The summed E-state index contributed by atoms with van der Waals surface area (Å²) in [5.74, 6) is 2.29. The predicted octanol–water partition coefficient (Wildman–Crippen LogP) is 1.27. The Labute approximate surface area is 97.7 Å². The third-order valence-electron chi connectivity index (χ3n) is 2.30. The Kier molecular flexibility index (Phi) is 3.77. The Morgan fingerprint density at radius 2 is 2.60 bits per heavy atom. The lowest BCUT2D eigenvalue weighted by Crippen LogP contribution is -2.44. The SMILES string of the molecule is Cc1csc(CC(=O)C2CSCCN2)n1. The molecule has 1 aliphatic rings. The van der Waals surface area contributed by atoms with Crippen LogP contribution in [0.3, 0.4) is 0 Å². The molecule has 0 aliphatic carbocycles. The average molecular weight is 242 g/mol. The van der Waals surface area contributed by atoms with Crippen molar-refractivity contribution >= 4 is 28.9 Å². The molecule has 1 unspecified atom stereocenters. The minimum Gasteiger partial charge on any atom is -0.306 e. The van der Waals surface area contributed by atoms with Crippen LogP contribution in [-0.4, -0.2) is 34.9 Å². The zero-order chi connectivity index (χ0) is 10.7. The molecule has 5 heteroatoms. The maximum atomic E-state index is 11.9. The zero-order valence-corrected chi connectivity index (χ0v) is 10.3. The minimum atomic E-state index is 0.0351. The van der Waals surface area contributed by atoms with Gasteiger partial charge in [-0.3, -0.25) is 4.79 Å². The monoisotopic (exact) mass is 242 g/mol. The summed E-state index contributed by atoms with van der Waals surface area (Å²) in [5.41, 5.74) is 1.01. The van der Waals surface area contributed by atoms with Gasteiger partial charge in [-0.2, -0.15) is 11.8 Å². The van der Waals surface area contributed by atoms with E-state index in [0.29, 0.717) is 6.42 Å². The van der Waals surface area contributed by atoms with E-state index in [1.807, 2.05) is 24.1 Å². The summed E-state index contributed by atoms with van der Waals surface area (Å²) < 4.78 is 0. The molecule has 0 saturated carbocycles. The number of thioether (sulfide) groups is 1. The van der Waals surface area contributed by atoms with E-state index in [2.05, 4.69) is 10.3 Å². The lowest BCUT2D eigenvalue weighted by molar-refractivity contribution is -0.119. The van der Waals surface area contributed by atoms with Crippen LogP contribution in [0.5, 0.6) is 0 Å². The highest BCUT2D eigenvalue weighted by molar-refractivity contribution is 7.99. The van der Waals surface area contributed by atoms with Gasteiger partial charge in [-0.25, -0.2) is 4.98 Å². The Hall–Kier alpha value is -0.390. The number of thiazole rings is 1. The fourth-order valence-electron chi connectivity index (χ4n) is 1.53. The van der Waals surface area contributed by atoms with Crippen molar-refractivity contribution in [2.24, 2.45) is 0 Å². The number of carbonyl (C=O) groups excluding carboxylic acids is 1. The summed E-state index contributed by atoms with van der Waals surface area (Å²) in [6, 6.07) is 0.0351. The fraction of sp³-hybridized carbons (Fsp3) is 0.600. The molecular formula is C10H14N2OS2. The van der Waals surface area contributed by atoms with Gasteiger partial charge in [0.1, 0.15) is 5.01 Å². The molecule has 0 spiro atoms. The van der Waals surface area contributed by atoms with Crippen LogP contribution in [0.4, 0.5) is 0 Å². The molecule has 1 aromatic heterocycles. The number of aryl methyl sites for hydroxylation is 1. The van der Waals surface area contributed by atoms with Crippen LogP contribution < -0.4 is 5.32 Å². The summed E-state index contributed by atoms with van der Waals surface area (Å²) in [6.45, 7) is 2.90. The fourth-order valence-corrected chi connectivity index (χ4v) is 3.28. The van der Waals surface area contributed by atoms with Gasteiger partial charge in [0.2, 0.25) is 0 Å². The summed E-state index contributed by atoms with van der Waals surface area (Å²) in [5, 5.41) is 6.18. The number of nitrogens with one attached hydrogen (secondary N) is 1. The third kappa shape index (κ3) is 3.03. The van der Waals surface area contributed by atoms with Gasteiger partial charge in [-0.05, 0) is 6.92 Å². The van der Waals surface area contributed by atoms with Gasteiger partial charge in [-0.15, -0.1) is 11.3 Å². The molecular weight excluding hydrogens is 228 g/mol. The van der Waals surface area contributed by atoms with E-state index in [0.717, 1.165) is 28.8 Å². The van der Waals surface area contributed by atoms with Crippen molar-refractivity contribution in [2.75, 3.05) is 18.1 Å². The second-order valence-electron chi connectivity index (χ2n) is 3.61. The van der Waals surface area contributed by atoms with E-state index in [4.69, 9.17) is 0 Å². The number of rotatable bonds is 3. The smallest absolute Gasteiger partial charge is 0.157 e. The highest BCUT2D eigenvalue weighted by Crippen LogP contribution is 2.13. The van der Waals surface area contributed by atoms with Gasteiger partial charge in [0.25, 0.3) is 0 Å². The van der Waals surface area contributed by atoms with Crippen LogP contribution in [0, 0.1) is 6.92 Å². The lowest BCUT2D eigenvalue weighted by atomic mass is 10.1. The van der Waals surface area contributed by atoms with E-state index in [1.54, 1.807) is 11.3 Å². The summed E-state index contributed by atoms with van der Waals surface area (Å²) in [7, 11) is 0. The quantitative estimate of drug-likeness (QED) is 0.866. The van der Waals surface area contributed by atoms with Gasteiger partial charge < -0.3 is 5.32 Å². The normalized spacial score (nSPS) is 21.5. The third-order valence-corrected chi connectivity index (χ3v) is 4.33. The number of hydrogen-bond donors (Lipinski definition) is 1.